The van der Waals surface area contributed by atoms with E-state index in [0.29, 0.717) is 13.0 Å². The molecular formula is C11H22N4O6. The van der Waals surface area contributed by atoms with Crippen LogP contribution in [0, 0.1) is 0 Å². The lowest BCUT2D eigenvalue weighted by Crippen LogP contribution is -2.40. The average molecular weight is 306 g/mol. The number of carboxylic acids is 2. The normalized spacial score (nSPS) is 9.05. The fraction of sp³-hybridized carbons (Fsp3) is 0.636. The Morgan fingerprint density at radius 2 is 1.38 bits per heavy atom. The van der Waals surface area contributed by atoms with E-state index in [1.165, 1.54) is 0 Å². The molecule has 8 N–H and O–H groups in total. The van der Waals surface area contributed by atoms with Crippen LogP contribution in [-0.2, 0) is 19.2 Å². The highest BCUT2D eigenvalue weighted by molar-refractivity contribution is 5.87. The maximum atomic E-state index is 10.7. The molecule has 0 radical (unpaired) electrons. The number of aliphatic carboxylic acids is 2. The van der Waals surface area contributed by atoms with E-state index >= 15 is 0 Å². The van der Waals surface area contributed by atoms with Gasteiger partial charge in [0.05, 0.1) is 13.1 Å². The lowest BCUT2D eigenvalue weighted by molar-refractivity contribution is -0.138. The van der Waals surface area contributed by atoms with E-state index in [1.54, 1.807) is 0 Å². The zero-order valence-electron chi connectivity index (χ0n) is 11.6. The predicted octanol–water partition coefficient (Wildman–Crippen LogP) is -2.54. The van der Waals surface area contributed by atoms with Gasteiger partial charge in [0.15, 0.2) is 0 Å². The van der Waals surface area contributed by atoms with E-state index < -0.39 is 30.3 Å². The number of nitrogens with two attached hydrogens (primary N) is 2. The summed E-state index contributed by atoms with van der Waals surface area (Å²) in [5.41, 5.74) is 10.1. The van der Waals surface area contributed by atoms with E-state index in [0.717, 1.165) is 6.42 Å². The van der Waals surface area contributed by atoms with Crippen LogP contribution in [0.4, 0.5) is 0 Å². The van der Waals surface area contributed by atoms with Gasteiger partial charge in [0.2, 0.25) is 11.8 Å². The van der Waals surface area contributed by atoms with E-state index in [-0.39, 0.29) is 19.5 Å². The Hall–Kier alpha value is -2.20. The Bertz CT molecular complexity index is 348. The molecule has 0 aliphatic carbocycles. The summed E-state index contributed by atoms with van der Waals surface area (Å²) in [5, 5.41) is 20.5. The molecule has 0 rings (SSSR count). The minimum atomic E-state index is -1.14. The highest BCUT2D eigenvalue weighted by Gasteiger charge is 2.04. The third-order valence-electron chi connectivity index (χ3n) is 1.91. The molecule has 10 heteroatoms. The number of hydrogen-bond donors (Lipinski definition) is 6. The molecule has 2 amide bonds. The number of unbranched alkanes of at least 4 members (excludes halogenated alkanes) is 1. The third-order valence-corrected chi connectivity index (χ3v) is 1.91. The van der Waals surface area contributed by atoms with Crippen LogP contribution in [-0.4, -0.2) is 60.1 Å². The first-order chi connectivity index (χ1) is 9.83. The van der Waals surface area contributed by atoms with E-state index in [1.807, 2.05) is 0 Å². The van der Waals surface area contributed by atoms with Gasteiger partial charge in [-0.1, -0.05) is 0 Å². The first-order valence-corrected chi connectivity index (χ1v) is 6.20. The van der Waals surface area contributed by atoms with Crippen molar-refractivity contribution < 1.29 is 29.4 Å². The smallest absolute Gasteiger partial charge is 0.322 e. The van der Waals surface area contributed by atoms with E-state index in [4.69, 9.17) is 21.7 Å². The van der Waals surface area contributed by atoms with Crippen molar-refractivity contribution in [2.75, 3.05) is 26.2 Å². The summed E-state index contributed by atoms with van der Waals surface area (Å²) >= 11 is 0. The Balaban J connectivity index is 0. The van der Waals surface area contributed by atoms with Crippen LogP contribution in [0.25, 0.3) is 0 Å². The minimum absolute atomic E-state index is 0.202. The molecule has 0 heterocycles. The van der Waals surface area contributed by atoms with Gasteiger partial charge in [-0.05, 0) is 19.4 Å². The van der Waals surface area contributed by atoms with Gasteiger partial charge in [0.1, 0.15) is 6.54 Å². The highest BCUT2D eigenvalue weighted by atomic mass is 16.4. The molecule has 122 valence electrons. The van der Waals surface area contributed by atoms with Crippen LogP contribution in [0.15, 0.2) is 0 Å². The van der Waals surface area contributed by atoms with Crippen molar-refractivity contribution in [2.45, 2.75) is 19.3 Å². The summed E-state index contributed by atoms with van der Waals surface area (Å²) < 4.78 is 0. The summed E-state index contributed by atoms with van der Waals surface area (Å²) in [7, 11) is 0. The monoisotopic (exact) mass is 306 g/mol. The SMILES string of the molecule is NCC(=O)NCC(=O)NCC(=O)O.NCCCCC(=O)O. The van der Waals surface area contributed by atoms with Crippen molar-refractivity contribution in [1.29, 1.82) is 0 Å². The molecule has 0 aromatic rings. The molecule has 21 heavy (non-hydrogen) atoms. The standard InChI is InChI=1S/C6H11N3O4.C5H11NO2/c7-1-4(10)8-2-5(11)9-3-6(12)13;6-4-2-1-3-5(7)8/h1-3,7H2,(H,8,10)(H,9,11)(H,12,13);1-4,6H2,(H,7,8). The quantitative estimate of drug-likeness (QED) is 0.251. The van der Waals surface area contributed by atoms with Gasteiger partial charge in [-0.15, -0.1) is 0 Å². The van der Waals surface area contributed by atoms with Crippen molar-refractivity contribution in [2.24, 2.45) is 11.5 Å². The molecular weight excluding hydrogens is 284 g/mol. The van der Waals surface area contributed by atoms with Gasteiger partial charge in [-0.2, -0.15) is 0 Å². The van der Waals surface area contributed by atoms with Crippen LogP contribution in [0.2, 0.25) is 0 Å². The van der Waals surface area contributed by atoms with Crippen molar-refractivity contribution in [3.8, 4) is 0 Å². The summed E-state index contributed by atoms with van der Waals surface area (Å²) in [5.74, 6) is -2.91. The van der Waals surface area contributed by atoms with Crippen molar-refractivity contribution >= 4 is 23.8 Å². The number of carbonyl (C=O) groups is 4. The number of hydrogen-bond acceptors (Lipinski definition) is 6. The summed E-state index contributed by atoms with van der Waals surface area (Å²) in [6, 6.07) is 0. The molecule has 0 fully saturated rings. The molecule has 0 saturated carbocycles. The third kappa shape index (κ3) is 20.3. The van der Waals surface area contributed by atoms with Crippen LogP contribution >= 0.6 is 0 Å². The predicted molar refractivity (Wildman–Crippen MR) is 73.3 cm³/mol. The Morgan fingerprint density at radius 1 is 0.810 bits per heavy atom. The fourth-order valence-corrected chi connectivity index (χ4v) is 0.908. The summed E-state index contributed by atoms with van der Waals surface area (Å²) in [6.45, 7) is -0.333. The molecule has 0 aromatic carbocycles. The zero-order valence-corrected chi connectivity index (χ0v) is 11.6. The van der Waals surface area contributed by atoms with Crippen LogP contribution in [0.3, 0.4) is 0 Å². The molecule has 0 aliphatic heterocycles. The van der Waals surface area contributed by atoms with Crippen LogP contribution < -0.4 is 22.1 Å². The van der Waals surface area contributed by atoms with Gasteiger partial charge >= 0.3 is 11.9 Å². The fourth-order valence-electron chi connectivity index (χ4n) is 0.908. The van der Waals surface area contributed by atoms with Crippen LogP contribution in [0.5, 0.6) is 0 Å². The largest absolute Gasteiger partial charge is 0.481 e. The molecule has 0 aromatic heterocycles. The van der Waals surface area contributed by atoms with Gasteiger partial charge in [-0.3, -0.25) is 19.2 Å². The van der Waals surface area contributed by atoms with Crippen LogP contribution in [0.1, 0.15) is 19.3 Å². The Kier molecular flexibility index (Phi) is 14.3. The summed E-state index contributed by atoms with van der Waals surface area (Å²) in [4.78, 5) is 41.1. The number of rotatable bonds is 9. The lowest BCUT2D eigenvalue weighted by atomic mass is 10.2. The molecule has 0 aliphatic rings. The average Bonchev–Trinajstić information content (AvgIpc) is 2.43. The van der Waals surface area contributed by atoms with Gasteiger partial charge < -0.3 is 32.3 Å². The second kappa shape index (κ2) is 14.2. The van der Waals surface area contributed by atoms with Gasteiger partial charge in [-0.25, -0.2) is 0 Å². The molecule has 10 nitrogen and oxygen atoms in total. The highest BCUT2D eigenvalue weighted by Crippen LogP contribution is 1.91. The first-order valence-electron chi connectivity index (χ1n) is 6.20. The van der Waals surface area contributed by atoms with Gasteiger partial charge in [0.25, 0.3) is 0 Å². The number of amides is 2. The minimum Gasteiger partial charge on any atom is -0.481 e. The van der Waals surface area contributed by atoms with Gasteiger partial charge in [0, 0.05) is 6.42 Å². The van der Waals surface area contributed by atoms with E-state index in [2.05, 4.69) is 10.6 Å². The molecule has 0 unspecified atom stereocenters. The second-order valence-electron chi connectivity index (χ2n) is 3.79. The zero-order chi connectivity index (χ0) is 16.7. The molecule has 0 saturated heterocycles. The number of carboxylic acid groups (broad SMARTS) is 2. The molecule has 0 spiro atoms. The molecule has 0 bridgehead atoms. The van der Waals surface area contributed by atoms with E-state index in [9.17, 15) is 19.2 Å². The van der Waals surface area contributed by atoms with Crippen molar-refractivity contribution in [3.05, 3.63) is 0 Å². The topological polar surface area (TPSA) is 185 Å². The lowest BCUT2D eigenvalue weighted by Gasteiger charge is -2.03. The van der Waals surface area contributed by atoms with Crippen molar-refractivity contribution in [3.63, 3.8) is 0 Å². The second-order valence-corrected chi connectivity index (χ2v) is 3.79. The maximum Gasteiger partial charge on any atom is 0.322 e. The number of nitrogens with one attached hydrogen (secondary N) is 2. The molecule has 0 atom stereocenters. The van der Waals surface area contributed by atoms with Crippen molar-refractivity contribution in [1.82, 2.24) is 10.6 Å². The summed E-state index contributed by atoms with van der Waals surface area (Å²) in [6.07, 6.45) is 1.76. The number of carbonyl (C=O) groups excluding carboxylic acids is 2. The Morgan fingerprint density at radius 3 is 1.81 bits per heavy atom. The maximum absolute atomic E-state index is 10.7. The first kappa shape index (κ1) is 21.1. The Labute approximate surface area is 121 Å².